The van der Waals surface area contributed by atoms with Gasteiger partial charge in [-0.25, -0.2) is 4.79 Å². The molecule has 0 radical (unpaired) electrons. The number of hydrogen-bond donors (Lipinski definition) is 2. The van der Waals surface area contributed by atoms with E-state index in [1.807, 2.05) is 5.38 Å². The van der Waals surface area contributed by atoms with Gasteiger partial charge in [-0.15, -0.1) is 11.3 Å². The van der Waals surface area contributed by atoms with E-state index in [0.29, 0.717) is 4.88 Å². The molecule has 0 aliphatic heterocycles. The van der Waals surface area contributed by atoms with Gasteiger partial charge in [-0.2, -0.15) is 0 Å². The van der Waals surface area contributed by atoms with Crippen molar-refractivity contribution < 1.29 is 19.4 Å². The lowest BCUT2D eigenvalue weighted by Gasteiger charge is -2.05. The predicted octanol–water partition coefficient (Wildman–Crippen LogP) is 2.12. The highest BCUT2D eigenvalue weighted by Gasteiger charge is 2.22. The van der Waals surface area contributed by atoms with Crippen LogP contribution in [0.3, 0.4) is 0 Å². The smallest absolute Gasteiger partial charge is 0.339 e. The SMILES string of the molecule is O=C(O)c1ccoc1C(O)c1cccs1. The van der Waals surface area contributed by atoms with Crippen molar-refractivity contribution in [2.75, 3.05) is 0 Å². The summed E-state index contributed by atoms with van der Waals surface area (Å²) in [7, 11) is 0. The first kappa shape index (κ1) is 9.95. The first-order valence-electron chi connectivity index (χ1n) is 4.22. The van der Waals surface area contributed by atoms with Gasteiger partial charge in [-0.3, -0.25) is 0 Å². The van der Waals surface area contributed by atoms with Gasteiger partial charge in [0.05, 0.1) is 6.26 Å². The largest absolute Gasteiger partial charge is 0.478 e. The molecule has 0 saturated heterocycles. The lowest BCUT2D eigenvalue weighted by molar-refractivity contribution is 0.0688. The van der Waals surface area contributed by atoms with Crippen LogP contribution < -0.4 is 0 Å². The van der Waals surface area contributed by atoms with Gasteiger partial charge in [-0.1, -0.05) is 6.07 Å². The molecule has 78 valence electrons. The minimum atomic E-state index is -1.10. The Bertz CT molecular complexity index is 457. The van der Waals surface area contributed by atoms with Crippen LogP contribution in [0.4, 0.5) is 0 Å². The molecule has 0 aromatic carbocycles. The highest BCUT2D eigenvalue weighted by molar-refractivity contribution is 7.10. The molecule has 0 amide bonds. The molecular formula is C10H8O4S. The van der Waals surface area contributed by atoms with Crippen LogP contribution in [0.25, 0.3) is 0 Å². The van der Waals surface area contributed by atoms with Crippen molar-refractivity contribution in [3.63, 3.8) is 0 Å². The molecule has 1 unspecified atom stereocenters. The Kier molecular flexibility index (Phi) is 2.57. The van der Waals surface area contributed by atoms with Crippen LogP contribution in [0.2, 0.25) is 0 Å². The van der Waals surface area contributed by atoms with Crippen molar-refractivity contribution in [2.24, 2.45) is 0 Å². The summed E-state index contributed by atoms with van der Waals surface area (Å²) in [4.78, 5) is 11.4. The second kappa shape index (κ2) is 3.88. The highest BCUT2D eigenvalue weighted by Crippen LogP contribution is 2.28. The van der Waals surface area contributed by atoms with Crippen LogP contribution >= 0.6 is 11.3 Å². The van der Waals surface area contributed by atoms with Gasteiger partial charge in [0.1, 0.15) is 11.7 Å². The minimum absolute atomic E-state index is 0.00380. The van der Waals surface area contributed by atoms with Crippen molar-refractivity contribution in [1.29, 1.82) is 0 Å². The third-order valence-electron chi connectivity index (χ3n) is 1.99. The van der Waals surface area contributed by atoms with Gasteiger partial charge in [0, 0.05) is 4.88 Å². The van der Waals surface area contributed by atoms with E-state index in [1.165, 1.54) is 23.7 Å². The monoisotopic (exact) mass is 224 g/mol. The van der Waals surface area contributed by atoms with Crippen molar-refractivity contribution >= 4 is 17.3 Å². The zero-order valence-corrected chi connectivity index (χ0v) is 8.40. The van der Waals surface area contributed by atoms with Gasteiger partial charge in [0.15, 0.2) is 5.76 Å². The zero-order valence-electron chi connectivity index (χ0n) is 7.58. The van der Waals surface area contributed by atoms with Gasteiger partial charge in [0.2, 0.25) is 0 Å². The summed E-state index contributed by atoms with van der Waals surface area (Å²) < 4.78 is 4.99. The molecule has 0 bridgehead atoms. The molecule has 0 spiro atoms. The number of thiophene rings is 1. The molecule has 0 aliphatic carbocycles. The quantitative estimate of drug-likeness (QED) is 0.837. The van der Waals surface area contributed by atoms with E-state index in [1.54, 1.807) is 12.1 Å². The number of furan rings is 1. The third kappa shape index (κ3) is 1.79. The van der Waals surface area contributed by atoms with E-state index < -0.39 is 12.1 Å². The minimum Gasteiger partial charge on any atom is -0.478 e. The summed E-state index contributed by atoms with van der Waals surface area (Å²) in [6.07, 6.45) is 0.251. The van der Waals surface area contributed by atoms with Crippen molar-refractivity contribution in [3.05, 3.63) is 46.0 Å². The first-order valence-corrected chi connectivity index (χ1v) is 5.10. The van der Waals surface area contributed by atoms with Crippen LogP contribution in [0.5, 0.6) is 0 Å². The van der Waals surface area contributed by atoms with E-state index in [-0.39, 0.29) is 11.3 Å². The number of carboxylic acids is 1. The zero-order chi connectivity index (χ0) is 10.8. The average Bonchev–Trinajstić information content (AvgIpc) is 2.88. The molecule has 15 heavy (non-hydrogen) atoms. The molecule has 5 heteroatoms. The van der Waals surface area contributed by atoms with Gasteiger partial charge in [0.25, 0.3) is 0 Å². The van der Waals surface area contributed by atoms with Crippen LogP contribution in [0, 0.1) is 0 Å². The normalized spacial score (nSPS) is 12.6. The second-order valence-corrected chi connectivity index (χ2v) is 3.90. The Hall–Kier alpha value is -1.59. The lowest BCUT2D eigenvalue weighted by Crippen LogP contribution is -2.04. The fraction of sp³-hybridized carbons (Fsp3) is 0.100. The predicted molar refractivity (Wildman–Crippen MR) is 54.0 cm³/mol. The van der Waals surface area contributed by atoms with Gasteiger partial charge >= 0.3 is 5.97 Å². The number of aliphatic hydroxyl groups excluding tert-OH is 1. The number of rotatable bonds is 3. The molecule has 2 rings (SSSR count). The summed E-state index contributed by atoms with van der Waals surface area (Å²) in [6, 6.07) is 4.84. The van der Waals surface area contributed by atoms with Crippen LogP contribution in [-0.4, -0.2) is 16.2 Å². The molecule has 2 N–H and O–H groups in total. The Labute approximate surface area is 89.4 Å². The van der Waals surface area contributed by atoms with Crippen molar-refractivity contribution in [3.8, 4) is 0 Å². The molecule has 0 saturated carbocycles. The Morgan fingerprint density at radius 2 is 2.27 bits per heavy atom. The fourth-order valence-electron chi connectivity index (χ4n) is 1.29. The number of aromatic carboxylic acids is 1. The summed E-state index contributed by atoms with van der Waals surface area (Å²) in [6.45, 7) is 0. The number of carbonyl (C=O) groups is 1. The first-order chi connectivity index (χ1) is 7.20. The lowest BCUT2D eigenvalue weighted by atomic mass is 10.1. The molecular weight excluding hydrogens is 216 g/mol. The average molecular weight is 224 g/mol. The Morgan fingerprint density at radius 1 is 1.47 bits per heavy atom. The summed E-state index contributed by atoms with van der Waals surface area (Å²) in [5, 5.41) is 20.5. The summed E-state index contributed by atoms with van der Waals surface area (Å²) in [5.74, 6) is -1.03. The standard InChI is InChI=1S/C10H8O4S/c11-8(7-2-1-5-15-7)9-6(10(12)13)3-4-14-9/h1-5,8,11H,(H,12,13). The van der Waals surface area contributed by atoms with Gasteiger partial charge in [-0.05, 0) is 17.5 Å². The van der Waals surface area contributed by atoms with Crippen LogP contribution in [0.1, 0.15) is 27.1 Å². The third-order valence-corrected chi connectivity index (χ3v) is 2.91. The maximum Gasteiger partial charge on any atom is 0.339 e. The Morgan fingerprint density at radius 3 is 2.87 bits per heavy atom. The fourth-order valence-corrected chi connectivity index (χ4v) is 1.99. The number of carboxylic acid groups (broad SMARTS) is 1. The molecule has 0 fully saturated rings. The maximum atomic E-state index is 10.8. The molecule has 2 aromatic heterocycles. The summed E-state index contributed by atoms with van der Waals surface area (Å²) >= 11 is 1.35. The van der Waals surface area contributed by atoms with Crippen molar-refractivity contribution in [1.82, 2.24) is 0 Å². The summed E-state index contributed by atoms with van der Waals surface area (Å²) in [5.41, 5.74) is -0.00380. The van der Waals surface area contributed by atoms with E-state index in [9.17, 15) is 9.90 Å². The van der Waals surface area contributed by atoms with E-state index in [2.05, 4.69) is 0 Å². The van der Waals surface area contributed by atoms with Crippen molar-refractivity contribution in [2.45, 2.75) is 6.10 Å². The second-order valence-electron chi connectivity index (χ2n) is 2.92. The van der Waals surface area contributed by atoms with Crippen LogP contribution in [0.15, 0.2) is 34.3 Å². The molecule has 1 atom stereocenters. The number of hydrogen-bond acceptors (Lipinski definition) is 4. The van der Waals surface area contributed by atoms with Crippen LogP contribution in [-0.2, 0) is 0 Å². The molecule has 2 aromatic rings. The van der Waals surface area contributed by atoms with E-state index in [4.69, 9.17) is 9.52 Å². The van der Waals surface area contributed by atoms with Gasteiger partial charge < -0.3 is 14.6 Å². The van der Waals surface area contributed by atoms with E-state index >= 15 is 0 Å². The van der Waals surface area contributed by atoms with E-state index in [0.717, 1.165) is 0 Å². The topological polar surface area (TPSA) is 70.7 Å². The Balaban J connectivity index is 2.37. The molecule has 2 heterocycles. The maximum absolute atomic E-state index is 10.8. The number of aliphatic hydroxyl groups is 1. The highest BCUT2D eigenvalue weighted by atomic mass is 32.1. The molecule has 0 aliphatic rings. The molecule has 4 nitrogen and oxygen atoms in total.